The Kier molecular flexibility index (Phi) is 7.87. The first-order valence-electron chi connectivity index (χ1n) is 11.8. The van der Waals surface area contributed by atoms with Gasteiger partial charge in [0.1, 0.15) is 11.0 Å². The van der Waals surface area contributed by atoms with Gasteiger partial charge in [0.2, 0.25) is 5.91 Å². The number of halogens is 1. The molecule has 0 aliphatic heterocycles. The van der Waals surface area contributed by atoms with Gasteiger partial charge in [-0.05, 0) is 70.6 Å². The Bertz CT molecular complexity index is 1070. The fourth-order valence-corrected chi connectivity index (χ4v) is 5.26. The second kappa shape index (κ2) is 10.2. The number of nitrogens with zero attached hydrogens (tertiary/aromatic N) is 3. The van der Waals surface area contributed by atoms with Crippen LogP contribution in [0.2, 0.25) is 0 Å². The molecule has 1 amide bonds. The first kappa shape index (κ1) is 26.3. The maximum absolute atomic E-state index is 12.9. The summed E-state index contributed by atoms with van der Waals surface area (Å²) in [5.74, 6) is 0.123. The number of rotatable bonds is 7. The summed E-state index contributed by atoms with van der Waals surface area (Å²) in [5, 5.41) is 21.8. The van der Waals surface area contributed by atoms with Crippen molar-refractivity contribution in [1.82, 2.24) is 20.1 Å². The van der Waals surface area contributed by atoms with Crippen LogP contribution < -0.4 is 16.2 Å². The number of pyridine rings is 1. The van der Waals surface area contributed by atoms with E-state index in [1.807, 2.05) is 26.0 Å². The lowest BCUT2D eigenvalue weighted by Gasteiger charge is -2.54. The molecule has 1 aliphatic carbocycles. The van der Waals surface area contributed by atoms with Gasteiger partial charge in [-0.2, -0.15) is 5.10 Å². The molecule has 9 heteroatoms. The van der Waals surface area contributed by atoms with Crippen molar-refractivity contribution in [3.63, 3.8) is 0 Å². The summed E-state index contributed by atoms with van der Waals surface area (Å²) in [5.41, 5.74) is 0.0775. The molecular weight excluding hydrogens is 498 g/mol. The smallest absolute Gasteiger partial charge is 0.283 e. The van der Waals surface area contributed by atoms with Crippen molar-refractivity contribution in [1.29, 1.82) is 0 Å². The minimum atomic E-state index is -0.966. The van der Waals surface area contributed by atoms with Crippen molar-refractivity contribution in [2.24, 2.45) is 17.3 Å². The van der Waals surface area contributed by atoms with Crippen LogP contribution in [0.5, 0.6) is 0 Å². The van der Waals surface area contributed by atoms with E-state index in [1.165, 1.54) is 6.20 Å². The molecule has 1 saturated carbocycles. The molecule has 8 nitrogen and oxygen atoms in total. The molecule has 3 rings (SSSR count). The molecular formula is C25H36BrN5O3. The molecule has 0 spiro atoms. The normalized spacial score (nSPS) is 27.1. The number of hydrogen-bond acceptors (Lipinski definition) is 6. The molecule has 0 saturated heterocycles. The molecule has 0 bridgehead atoms. The Morgan fingerprint density at radius 1 is 1.29 bits per heavy atom. The number of carbonyl (C=O) groups is 1. The highest BCUT2D eigenvalue weighted by atomic mass is 79.9. The maximum atomic E-state index is 12.9. The first-order valence-corrected chi connectivity index (χ1v) is 12.6. The van der Waals surface area contributed by atoms with E-state index in [9.17, 15) is 14.7 Å². The van der Waals surface area contributed by atoms with Gasteiger partial charge in [-0.25, -0.2) is 4.68 Å². The Hall–Kier alpha value is -2.26. The van der Waals surface area contributed by atoms with Crippen LogP contribution in [0.25, 0.3) is 0 Å². The quantitative estimate of drug-likeness (QED) is 0.497. The van der Waals surface area contributed by atoms with Crippen molar-refractivity contribution < 1.29 is 9.90 Å². The molecule has 2 aromatic heterocycles. The average molecular weight is 534 g/mol. The van der Waals surface area contributed by atoms with Gasteiger partial charge >= 0.3 is 0 Å². The third-order valence-electron chi connectivity index (χ3n) is 8.02. The van der Waals surface area contributed by atoms with Gasteiger partial charge in [-0.1, -0.05) is 34.6 Å². The zero-order valence-corrected chi connectivity index (χ0v) is 22.4. The predicted octanol–water partition coefficient (Wildman–Crippen LogP) is 3.90. The molecule has 34 heavy (non-hydrogen) atoms. The molecule has 1 unspecified atom stereocenters. The summed E-state index contributed by atoms with van der Waals surface area (Å²) < 4.78 is 1.43. The number of aromatic nitrogens is 3. The minimum absolute atomic E-state index is 0.0134. The summed E-state index contributed by atoms with van der Waals surface area (Å²) in [7, 11) is 0. The summed E-state index contributed by atoms with van der Waals surface area (Å²) in [6, 6.07) is 3.31. The van der Waals surface area contributed by atoms with Crippen molar-refractivity contribution in [2.45, 2.75) is 78.6 Å². The monoisotopic (exact) mass is 533 g/mol. The van der Waals surface area contributed by atoms with E-state index in [1.54, 1.807) is 12.4 Å². The minimum Gasteiger partial charge on any atom is -0.388 e. The summed E-state index contributed by atoms with van der Waals surface area (Å²) in [6.07, 6.45) is 6.37. The molecule has 1 fully saturated rings. The second-order valence-corrected chi connectivity index (χ2v) is 11.0. The summed E-state index contributed by atoms with van der Waals surface area (Å²) >= 11 is 3.38. The van der Waals surface area contributed by atoms with Gasteiger partial charge in [-0.3, -0.25) is 14.6 Å². The largest absolute Gasteiger partial charge is 0.388 e. The van der Waals surface area contributed by atoms with Gasteiger partial charge in [0.05, 0.1) is 29.6 Å². The van der Waals surface area contributed by atoms with E-state index < -0.39 is 11.2 Å². The molecule has 2 heterocycles. The SMILES string of the molecule is CCC(NC(=O)Cn1ncc(N[C@@H]2C[C@H](C)C(C)(C)[C@H](C)[C@]2(C)O)c(Br)c1=O)c1ccncc1. The number of amides is 1. The van der Waals surface area contributed by atoms with Gasteiger partial charge in [0.15, 0.2) is 0 Å². The van der Waals surface area contributed by atoms with Crippen LogP contribution in [0.3, 0.4) is 0 Å². The number of carbonyl (C=O) groups excluding carboxylic acids is 1. The Labute approximate surface area is 209 Å². The van der Waals surface area contributed by atoms with Crippen LogP contribution in [0.4, 0.5) is 5.69 Å². The van der Waals surface area contributed by atoms with Crippen LogP contribution in [0.1, 0.15) is 66.0 Å². The number of anilines is 1. The molecule has 2 aromatic rings. The second-order valence-electron chi connectivity index (χ2n) is 10.2. The highest BCUT2D eigenvalue weighted by Crippen LogP contribution is 2.50. The van der Waals surface area contributed by atoms with Gasteiger partial charge in [0, 0.05) is 12.4 Å². The highest BCUT2D eigenvalue weighted by Gasteiger charge is 2.52. The fourth-order valence-electron chi connectivity index (χ4n) is 4.84. The lowest BCUT2D eigenvalue weighted by atomic mass is 9.56. The summed E-state index contributed by atoms with van der Waals surface area (Å²) in [6.45, 7) is 12.3. The van der Waals surface area contributed by atoms with E-state index in [2.05, 4.69) is 64.3 Å². The zero-order valence-electron chi connectivity index (χ0n) is 20.8. The highest BCUT2D eigenvalue weighted by molar-refractivity contribution is 9.10. The molecule has 5 atom stereocenters. The van der Waals surface area contributed by atoms with E-state index in [4.69, 9.17) is 0 Å². The summed E-state index contributed by atoms with van der Waals surface area (Å²) in [4.78, 5) is 29.6. The van der Waals surface area contributed by atoms with E-state index in [0.29, 0.717) is 18.0 Å². The molecule has 186 valence electrons. The zero-order chi connectivity index (χ0) is 25.3. The van der Waals surface area contributed by atoms with Crippen LogP contribution >= 0.6 is 15.9 Å². The first-order chi connectivity index (χ1) is 15.9. The van der Waals surface area contributed by atoms with Gasteiger partial charge in [0.25, 0.3) is 5.56 Å². The molecule has 1 aliphatic rings. The fraction of sp³-hybridized carbons (Fsp3) is 0.600. The van der Waals surface area contributed by atoms with Crippen molar-refractivity contribution in [3.05, 3.63) is 51.1 Å². The van der Waals surface area contributed by atoms with Gasteiger partial charge < -0.3 is 15.7 Å². The van der Waals surface area contributed by atoms with Crippen LogP contribution in [0, 0.1) is 17.3 Å². The topological polar surface area (TPSA) is 109 Å². The van der Waals surface area contributed by atoms with Crippen LogP contribution in [0.15, 0.2) is 40.0 Å². The predicted molar refractivity (Wildman–Crippen MR) is 136 cm³/mol. The average Bonchev–Trinajstić information content (AvgIpc) is 2.80. The Morgan fingerprint density at radius 2 is 1.94 bits per heavy atom. The standard InChI is InChI=1S/C25H36BrN5O3/c1-7-18(17-8-10-27-11-9-17)30-21(32)14-31-23(33)22(26)19(13-28-31)29-20-12-15(2)24(4,5)16(3)25(20,6)34/h8-11,13,15-16,18,20,29,34H,7,12,14H2,1-6H3,(H,30,32)/t15-,16-,18?,20+,25-/m0/s1. The number of hydrogen-bond donors (Lipinski definition) is 3. The van der Waals surface area contributed by atoms with Crippen molar-refractivity contribution >= 4 is 27.5 Å². The maximum Gasteiger partial charge on any atom is 0.283 e. The number of nitrogens with one attached hydrogen (secondary N) is 2. The van der Waals surface area contributed by atoms with E-state index in [0.717, 1.165) is 16.7 Å². The third kappa shape index (κ3) is 5.20. The number of aliphatic hydroxyl groups is 1. The Balaban J connectivity index is 1.74. The van der Waals surface area contributed by atoms with Gasteiger partial charge in [-0.15, -0.1) is 0 Å². The van der Waals surface area contributed by atoms with E-state index >= 15 is 0 Å². The van der Waals surface area contributed by atoms with Crippen LogP contribution in [-0.4, -0.2) is 37.4 Å². The third-order valence-corrected chi connectivity index (χ3v) is 8.78. The molecule has 0 radical (unpaired) electrons. The van der Waals surface area contributed by atoms with Crippen molar-refractivity contribution in [2.75, 3.05) is 5.32 Å². The lowest BCUT2D eigenvalue weighted by Crippen LogP contribution is -2.60. The van der Waals surface area contributed by atoms with Crippen molar-refractivity contribution in [3.8, 4) is 0 Å². The molecule has 3 N–H and O–H groups in total. The lowest BCUT2D eigenvalue weighted by molar-refractivity contribution is -0.122. The molecule has 0 aromatic carbocycles. The van der Waals surface area contributed by atoms with Crippen LogP contribution in [-0.2, 0) is 11.3 Å². The Morgan fingerprint density at radius 3 is 2.56 bits per heavy atom. The van der Waals surface area contributed by atoms with E-state index in [-0.39, 0.29) is 40.3 Å².